The van der Waals surface area contributed by atoms with Gasteiger partial charge in [0.1, 0.15) is 0 Å². The Balaban J connectivity index is 1.70. The quantitative estimate of drug-likeness (QED) is 0.798. The number of aromatic nitrogens is 2. The maximum absolute atomic E-state index is 11.4. The number of hydrogen-bond donors (Lipinski definition) is 1. The number of rotatable bonds is 5. The van der Waals surface area contributed by atoms with Crippen molar-refractivity contribution < 1.29 is 12.8 Å². The smallest absolute Gasteiger partial charge is 0.288 e. The van der Waals surface area contributed by atoms with Gasteiger partial charge >= 0.3 is 0 Å². The molecule has 1 saturated heterocycles. The molecule has 0 bridgehead atoms. The molecule has 2 heterocycles. The number of nitrogens with one attached hydrogen (secondary N) is 1. The molecule has 0 saturated carbocycles. The highest BCUT2D eigenvalue weighted by atomic mass is 32.2. The van der Waals surface area contributed by atoms with Gasteiger partial charge in [-0.05, 0) is 44.1 Å². The zero-order valence-corrected chi connectivity index (χ0v) is 15.9. The first-order valence-corrected chi connectivity index (χ1v) is 10.4. The van der Waals surface area contributed by atoms with Gasteiger partial charge in [-0.25, -0.2) is 17.8 Å². The van der Waals surface area contributed by atoms with Crippen LogP contribution in [-0.4, -0.2) is 48.5 Å². The molecule has 1 atom stereocenters. The highest BCUT2D eigenvalue weighted by Gasteiger charge is 2.23. The monoisotopic (exact) mass is 382 g/mol. The molecule has 1 aromatic carbocycles. The summed E-state index contributed by atoms with van der Waals surface area (Å²) in [7, 11) is -3.20. The van der Waals surface area contributed by atoms with Crippen LogP contribution in [0.15, 0.2) is 28.7 Å². The normalized spacial score (nSPS) is 19.2. The highest BCUT2D eigenvalue weighted by molar-refractivity contribution is 7.88. The maximum Gasteiger partial charge on any atom is 0.288 e. The Morgan fingerprint density at radius 2 is 2.08 bits per heavy atom. The van der Waals surface area contributed by atoms with Crippen molar-refractivity contribution in [1.82, 2.24) is 19.4 Å². The Bertz CT molecular complexity index is 887. The van der Waals surface area contributed by atoms with E-state index in [0.29, 0.717) is 23.9 Å². The third-order valence-electron chi connectivity index (χ3n) is 4.12. The van der Waals surface area contributed by atoms with Crippen LogP contribution in [-0.2, 0) is 16.7 Å². The lowest BCUT2D eigenvalue weighted by atomic mass is 10.1. The number of benzene rings is 1. The van der Waals surface area contributed by atoms with Gasteiger partial charge in [0, 0.05) is 24.7 Å². The van der Waals surface area contributed by atoms with E-state index in [2.05, 4.69) is 14.7 Å². The van der Waals surface area contributed by atoms with Gasteiger partial charge in [-0.1, -0.05) is 17.7 Å². The maximum atomic E-state index is 11.4. The molecule has 1 unspecified atom stereocenters. The Kier molecular flexibility index (Phi) is 5.38. The lowest BCUT2D eigenvalue weighted by molar-refractivity contribution is 0.151. The Hall–Kier alpha value is -1.55. The van der Waals surface area contributed by atoms with Crippen molar-refractivity contribution in [1.29, 1.82) is 0 Å². The Morgan fingerprint density at radius 3 is 2.76 bits per heavy atom. The summed E-state index contributed by atoms with van der Waals surface area (Å²) >= 11 is 5.28. The van der Waals surface area contributed by atoms with Crippen molar-refractivity contribution in [3.63, 3.8) is 0 Å². The van der Waals surface area contributed by atoms with Crippen molar-refractivity contribution in [2.75, 3.05) is 19.3 Å². The van der Waals surface area contributed by atoms with E-state index >= 15 is 0 Å². The number of nitrogens with zero attached hydrogens (tertiary/aromatic N) is 3. The molecule has 1 fully saturated rings. The average Bonchev–Trinajstić information content (AvgIpc) is 2.87. The van der Waals surface area contributed by atoms with E-state index in [4.69, 9.17) is 16.6 Å². The second-order valence-electron chi connectivity index (χ2n) is 6.49. The van der Waals surface area contributed by atoms with Gasteiger partial charge in [-0.2, -0.15) is 0 Å². The van der Waals surface area contributed by atoms with E-state index < -0.39 is 10.0 Å². The molecule has 1 aliphatic heterocycles. The van der Waals surface area contributed by atoms with Gasteiger partial charge in [0.05, 0.1) is 12.9 Å². The van der Waals surface area contributed by atoms with Crippen LogP contribution in [0, 0.1) is 11.8 Å². The summed E-state index contributed by atoms with van der Waals surface area (Å²) in [6.45, 7) is 4.00. The predicted octanol–water partition coefficient (Wildman–Crippen LogP) is 2.15. The first-order valence-electron chi connectivity index (χ1n) is 8.15. The minimum atomic E-state index is -3.20. The van der Waals surface area contributed by atoms with Crippen molar-refractivity contribution in [3.05, 3.63) is 34.7 Å². The Labute approximate surface area is 152 Å². The molecule has 7 nitrogen and oxygen atoms in total. The summed E-state index contributed by atoms with van der Waals surface area (Å²) < 4.78 is 32.8. The van der Waals surface area contributed by atoms with E-state index in [9.17, 15) is 8.42 Å². The number of hydrogen-bond acceptors (Lipinski definition) is 6. The van der Waals surface area contributed by atoms with Gasteiger partial charge in [-0.3, -0.25) is 4.90 Å². The summed E-state index contributed by atoms with van der Waals surface area (Å²) in [6.07, 6.45) is 2.94. The molecule has 0 radical (unpaired) electrons. The molecule has 0 aliphatic carbocycles. The van der Waals surface area contributed by atoms with E-state index in [-0.39, 0.29) is 6.04 Å². The van der Waals surface area contributed by atoms with Crippen LogP contribution in [0.25, 0.3) is 11.5 Å². The third-order valence-corrected chi connectivity index (χ3v) is 5.18. The zero-order valence-electron chi connectivity index (χ0n) is 14.3. The molecule has 9 heteroatoms. The summed E-state index contributed by atoms with van der Waals surface area (Å²) in [5.41, 5.74) is 2.05. The zero-order chi connectivity index (χ0) is 18.0. The molecule has 0 amide bonds. The molecular weight excluding hydrogens is 360 g/mol. The minimum absolute atomic E-state index is 0.0820. The second kappa shape index (κ2) is 7.36. The summed E-state index contributed by atoms with van der Waals surface area (Å²) in [5, 5.41) is 4.47. The lowest BCUT2D eigenvalue weighted by Crippen LogP contribution is -2.47. The molecular formula is C16H22N4O3S2. The van der Waals surface area contributed by atoms with Crippen LogP contribution >= 0.6 is 12.2 Å². The Morgan fingerprint density at radius 1 is 1.36 bits per heavy atom. The van der Waals surface area contributed by atoms with Gasteiger partial charge < -0.3 is 4.42 Å². The van der Waals surface area contributed by atoms with E-state index in [1.165, 1.54) is 11.8 Å². The summed E-state index contributed by atoms with van der Waals surface area (Å²) in [5.74, 6) is 0.493. The first kappa shape index (κ1) is 18.2. The van der Waals surface area contributed by atoms with Crippen LogP contribution in [0.4, 0.5) is 0 Å². The largest absolute Gasteiger partial charge is 0.409 e. The molecule has 136 valence electrons. The van der Waals surface area contributed by atoms with Crippen LogP contribution in [0.1, 0.15) is 18.4 Å². The lowest BCUT2D eigenvalue weighted by Gasteiger charge is -2.32. The highest BCUT2D eigenvalue weighted by Crippen LogP contribution is 2.19. The topological polar surface area (TPSA) is 80.4 Å². The van der Waals surface area contributed by atoms with Crippen molar-refractivity contribution in [2.45, 2.75) is 32.5 Å². The minimum Gasteiger partial charge on any atom is -0.409 e. The van der Waals surface area contributed by atoms with Crippen molar-refractivity contribution >= 4 is 22.2 Å². The molecule has 2 aromatic rings. The standard InChI is InChI=1S/C16H22N4O3S2/c1-12-5-7-13(8-6-12)15-17-20(16(24)23-15)11-19-9-3-4-14(10-19)18-25(2,21)22/h5-8,14,18H,3-4,9-11H2,1-2H3. The summed E-state index contributed by atoms with van der Waals surface area (Å²) in [4.78, 5) is 2.44. The van der Waals surface area contributed by atoms with Crippen LogP contribution in [0.5, 0.6) is 0 Å². The van der Waals surface area contributed by atoms with E-state index in [0.717, 1.165) is 24.9 Å². The van der Waals surface area contributed by atoms with Gasteiger partial charge in [0.2, 0.25) is 15.9 Å². The van der Waals surface area contributed by atoms with Crippen LogP contribution in [0.2, 0.25) is 0 Å². The molecule has 1 aromatic heterocycles. The fraction of sp³-hybridized carbons (Fsp3) is 0.500. The number of aryl methyl sites for hydroxylation is 1. The van der Waals surface area contributed by atoms with Gasteiger partial charge in [0.15, 0.2) is 0 Å². The van der Waals surface area contributed by atoms with Gasteiger partial charge in [-0.15, -0.1) is 5.10 Å². The number of piperidine rings is 1. The molecule has 0 spiro atoms. The third kappa shape index (κ3) is 4.97. The second-order valence-corrected chi connectivity index (χ2v) is 8.62. The average molecular weight is 383 g/mol. The van der Waals surface area contributed by atoms with Crippen molar-refractivity contribution in [2.24, 2.45) is 0 Å². The van der Waals surface area contributed by atoms with Crippen LogP contribution in [0.3, 0.4) is 0 Å². The molecule has 3 rings (SSSR count). The fourth-order valence-corrected chi connectivity index (χ4v) is 3.96. The van der Waals surface area contributed by atoms with Crippen LogP contribution < -0.4 is 4.72 Å². The first-order chi connectivity index (χ1) is 11.8. The number of sulfonamides is 1. The van der Waals surface area contributed by atoms with E-state index in [1.807, 2.05) is 31.2 Å². The molecule has 25 heavy (non-hydrogen) atoms. The molecule has 1 N–H and O–H groups in total. The van der Waals surface area contributed by atoms with Gasteiger partial charge in [0.25, 0.3) is 4.84 Å². The van der Waals surface area contributed by atoms with E-state index in [1.54, 1.807) is 4.68 Å². The SMILES string of the molecule is Cc1ccc(-c2nn(CN3CCCC(NS(C)(=O)=O)C3)c(=S)o2)cc1. The predicted molar refractivity (Wildman–Crippen MR) is 98.1 cm³/mol. The number of likely N-dealkylation sites (tertiary alicyclic amines) is 1. The van der Waals surface area contributed by atoms with Crippen molar-refractivity contribution in [3.8, 4) is 11.5 Å². The summed E-state index contributed by atoms with van der Waals surface area (Å²) in [6, 6.07) is 7.82. The fourth-order valence-electron chi connectivity index (χ4n) is 2.98. The molecule has 1 aliphatic rings.